The number of anilines is 2. The summed E-state index contributed by atoms with van der Waals surface area (Å²) in [6.45, 7) is 23.4. The lowest BCUT2D eigenvalue weighted by molar-refractivity contribution is 0.590. The minimum Gasteiger partial charge on any atom is -0.455 e. The second-order valence-corrected chi connectivity index (χ2v) is 22.6. The van der Waals surface area contributed by atoms with Crippen molar-refractivity contribution in [3.8, 4) is 39.1 Å². The Morgan fingerprint density at radius 2 is 1.14 bits per heavy atom. The third-order valence-electron chi connectivity index (χ3n) is 15.9. The van der Waals surface area contributed by atoms with Gasteiger partial charge in [-0.3, -0.25) is 0 Å². The molecule has 0 radical (unpaired) electrons. The van der Waals surface area contributed by atoms with Crippen molar-refractivity contribution >= 4 is 73.3 Å². The van der Waals surface area contributed by atoms with Crippen LogP contribution in [0.4, 0.5) is 11.4 Å². The molecule has 0 fully saturated rings. The van der Waals surface area contributed by atoms with Crippen LogP contribution >= 0.6 is 0 Å². The van der Waals surface area contributed by atoms with E-state index in [1.54, 1.807) is 0 Å². The Hall–Kier alpha value is -6.78. The molecule has 0 saturated carbocycles. The third-order valence-corrected chi connectivity index (χ3v) is 15.9. The number of hydrogen-bond donors (Lipinski definition) is 1. The average molecular weight is 855 g/mol. The molecule has 2 aromatic heterocycles. The van der Waals surface area contributed by atoms with Crippen molar-refractivity contribution < 1.29 is 4.42 Å². The van der Waals surface area contributed by atoms with Gasteiger partial charge in [-0.2, -0.15) is 0 Å². The van der Waals surface area contributed by atoms with Crippen LogP contribution < -0.4 is 16.2 Å². The molecule has 13 rings (SSSR count). The van der Waals surface area contributed by atoms with E-state index < -0.39 is 0 Å². The standard InChI is InChI=1S/C62H55BN2O/c1-59(2,3)34-23-26-36(27-24-34)64-49-32-46-40(37-17-11-14-20-44(37)61(46,7)8)30-42(49)55-56-57-53(54-39-19-13-16-22-52(39)66-58(54)55)43-29-35(60(4,5)6)25-28-50(43)65(57)51-33-47-41(31-48(51)63-56)38-18-12-15-21-45(38)62(47,9)10/h11-33,63-64H,1-10H3. The summed E-state index contributed by atoms with van der Waals surface area (Å²) in [4.78, 5) is 0. The molecule has 10 aromatic rings. The molecule has 3 aliphatic rings. The number of rotatable bonds is 3. The van der Waals surface area contributed by atoms with Crippen molar-refractivity contribution in [1.82, 2.24) is 4.57 Å². The lowest BCUT2D eigenvalue weighted by Gasteiger charge is -2.28. The molecule has 0 bridgehead atoms. The lowest BCUT2D eigenvalue weighted by Crippen LogP contribution is -2.38. The highest BCUT2D eigenvalue weighted by atomic mass is 16.3. The highest BCUT2D eigenvalue weighted by molar-refractivity contribution is 6.74. The fraction of sp³-hybridized carbons (Fsp3) is 0.226. The van der Waals surface area contributed by atoms with Crippen LogP contribution in [-0.2, 0) is 21.7 Å². The topological polar surface area (TPSA) is 30.1 Å². The molecule has 8 aromatic carbocycles. The van der Waals surface area contributed by atoms with E-state index in [0.29, 0.717) is 0 Å². The zero-order valence-electron chi connectivity index (χ0n) is 39.8. The van der Waals surface area contributed by atoms with Crippen LogP contribution in [0.5, 0.6) is 0 Å². The first-order valence-electron chi connectivity index (χ1n) is 23.9. The first kappa shape index (κ1) is 39.6. The van der Waals surface area contributed by atoms with Crippen LogP contribution in [0.1, 0.15) is 103 Å². The maximum atomic E-state index is 7.36. The van der Waals surface area contributed by atoms with Gasteiger partial charge in [0.05, 0.1) is 11.0 Å². The lowest BCUT2D eigenvalue weighted by atomic mass is 9.58. The number of aromatic nitrogens is 1. The van der Waals surface area contributed by atoms with Gasteiger partial charge >= 0.3 is 0 Å². The van der Waals surface area contributed by atoms with Gasteiger partial charge < -0.3 is 14.3 Å². The Kier molecular flexibility index (Phi) is 7.78. The molecule has 322 valence electrons. The predicted octanol–water partition coefficient (Wildman–Crippen LogP) is 15.0. The SMILES string of the molecule is CC(C)(C)c1ccc(Nc2cc3c(cc2-c2c4c5c(c6cc(C(C)(C)C)ccc6n5-c5cc6c(cc5B4)-c4ccccc4C6(C)C)c4c2oc2ccccc24)-c2ccccc2C3(C)C)cc1. The molecule has 0 spiro atoms. The number of para-hydroxylation sites is 1. The Morgan fingerprint density at radius 1 is 0.530 bits per heavy atom. The van der Waals surface area contributed by atoms with Gasteiger partial charge in [0.2, 0.25) is 0 Å². The summed E-state index contributed by atoms with van der Waals surface area (Å²) >= 11 is 0. The summed E-state index contributed by atoms with van der Waals surface area (Å²) in [6.07, 6.45) is 0. The van der Waals surface area contributed by atoms with Gasteiger partial charge in [0, 0.05) is 60.6 Å². The highest BCUT2D eigenvalue weighted by Crippen LogP contribution is 2.55. The number of hydrogen-bond acceptors (Lipinski definition) is 2. The number of furan rings is 1. The summed E-state index contributed by atoms with van der Waals surface area (Å²) in [6, 6.07) is 53.1. The van der Waals surface area contributed by atoms with Gasteiger partial charge in [0.25, 0.3) is 0 Å². The van der Waals surface area contributed by atoms with E-state index in [-0.39, 0.29) is 21.7 Å². The molecule has 4 heteroatoms. The number of fused-ring (bicyclic) bond motifs is 15. The maximum absolute atomic E-state index is 7.36. The van der Waals surface area contributed by atoms with Crippen molar-refractivity contribution in [2.75, 3.05) is 5.32 Å². The van der Waals surface area contributed by atoms with Crippen LogP contribution in [0.15, 0.2) is 144 Å². The van der Waals surface area contributed by atoms with Crippen LogP contribution in [-0.4, -0.2) is 11.8 Å². The molecular formula is C62H55BN2O. The van der Waals surface area contributed by atoms with Crippen LogP contribution in [0, 0.1) is 0 Å². The van der Waals surface area contributed by atoms with E-state index >= 15 is 0 Å². The molecule has 0 atom stereocenters. The summed E-state index contributed by atoms with van der Waals surface area (Å²) in [7, 11) is 0.769. The molecule has 66 heavy (non-hydrogen) atoms. The van der Waals surface area contributed by atoms with Gasteiger partial charge in [0.1, 0.15) is 11.2 Å². The number of nitrogens with zero attached hydrogens (tertiary/aromatic N) is 1. The van der Waals surface area contributed by atoms with E-state index in [1.807, 2.05) is 0 Å². The van der Waals surface area contributed by atoms with Crippen molar-refractivity contribution in [3.63, 3.8) is 0 Å². The van der Waals surface area contributed by atoms with E-state index in [4.69, 9.17) is 4.42 Å². The first-order valence-corrected chi connectivity index (χ1v) is 23.9. The Morgan fingerprint density at radius 3 is 1.82 bits per heavy atom. The molecule has 0 unspecified atom stereocenters. The monoisotopic (exact) mass is 854 g/mol. The van der Waals surface area contributed by atoms with E-state index in [1.165, 1.54) is 105 Å². The van der Waals surface area contributed by atoms with Crippen molar-refractivity contribution in [1.29, 1.82) is 0 Å². The molecule has 1 aliphatic heterocycles. The predicted molar refractivity (Wildman–Crippen MR) is 282 cm³/mol. The molecule has 2 aliphatic carbocycles. The molecule has 0 amide bonds. The summed E-state index contributed by atoms with van der Waals surface area (Å²) in [5.41, 5.74) is 25.9. The molecule has 3 heterocycles. The fourth-order valence-corrected chi connectivity index (χ4v) is 12.3. The minimum absolute atomic E-state index is 0.0299. The summed E-state index contributed by atoms with van der Waals surface area (Å²) in [5.74, 6) is 0. The van der Waals surface area contributed by atoms with Gasteiger partial charge in [-0.1, -0.05) is 166 Å². The summed E-state index contributed by atoms with van der Waals surface area (Å²) < 4.78 is 9.99. The number of benzene rings is 8. The van der Waals surface area contributed by atoms with Crippen LogP contribution in [0.3, 0.4) is 0 Å². The third kappa shape index (κ3) is 5.27. The Balaban J connectivity index is 1.19. The zero-order chi connectivity index (χ0) is 45.4. The number of nitrogens with one attached hydrogen (secondary N) is 1. The maximum Gasteiger partial charge on any atom is 0.198 e. The average Bonchev–Trinajstić information content (AvgIpc) is 3.97. The Labute approximate surface area is 388 Å². The normalized spacial score (nSPS) is 15.2. The van der Waals surface area contributed by atoms with Gasteiger partial charge in [0.15, 0.2) is 7.28 Å². The quantitative estimate of drug-likeness (QED) is 0.179. The zero-order valence-corrected chi connectivity index (χ0v) is 39.8. The van der Waals surface area contributed by atoms with Crippen LogP contribution in [0.25, 0.3) is 82.8 Å². The minimum atomic E-state index is -0.176. The first-order chi connectivity index (χ1) is 31.5. The van der Waals surface area contributed by atoms with E-state index in [2.05, 4.69) is 219 Å². The smallest absolute Gasteiger partial charge is 0.198 e. The summed E-state index contributed by atoms with van der Waals surface area (Å²) in [5, 5.41) is 8.95. The van der Waals surface area contributed by atoms with Crippen LogP contribution in [0.2, 0.25) is 0 Å². The van der Waals surface area contributed by atoms with Crippen molar-refractivity contribution in [2.24, 2.45) is 0 Å². The fourth-order valence-electron chi connectivity index (χ4n) is 12.3. The highest BCUT2D eigenvalue weighted by Gasteiger charge is 2.40. The molecule has 1 N–H and O–H groups in total. The van der Waals surface area contributed by atoms with Crippen molar-refractivity contribution in [2.45, 2.75) is 90.9 Å². The second-order valence-electron chi connectivity index (χ2n) is 22.6. The molecule has 0 saturated heterocycles. The van der Waals surface area contributed by atoms with Crippen molar-refractivity contribution in [3.05, 3.63) is 173 Å². The Bertz CT molecular complexity index is 3770. The van der Waals surface area contributed by atoms with E-state index in [0.717, 1.165) is 40.8 Å². The van der Waals surface area contributed by atoms with Gasteiger partial charge in [-0.05, 0) is 120 Å². The van der Waals surface area contributed by atoms with Gasteiger partial charge in [-0.25, -0.2) is 0 Å². The molecule has 3 nitrogen and oxygen atoms in total. The molecular weight excluding hydrogens is 800 g/mol. The van der Waals surface area contributed by atoms with E-state index in [9.17, 15) is 0 Å². The van der Waals surface area contributed by atoms with Gasteiger partial charge in [-0.15, -0.1) is 0 Å². The second kappa shape index (κ2) is 13.0. The largest absolute Gasteiger partial charge is 0.455 e.